The van der Waals surface area contributed by atoms with Gasteiger partial charge in [0.05, 0.1) is 47.3 Å². The molecule has 2 N–H and O–H groups in total. The van der Waals surface area contributed by atoms with Gasteiger partial charge in [-0.1, -0.05) is 18.2 Å². The molecule has 0 aliphatic rings. The van der Waals surface area contributed by atoms with Crippen molar-refractivity contribution in [1.82, 2.24) is 24.6 Å². The van der Waals surface area contributed by atoms with E-state index in [9.17, 15) is 4.79 Å². The molecule has 0 saturated heterocycles. The monoisotopic (exact) mass is 484 g/mol. The quantitative estimate of drug-likeness (QED) is 0.422. The van der Waals surface area contributed by atoms with Crippen LogP contribution in [0.4, 0.5) is 23.0 Å². The lowest BCUT2D eigenvalue weighted by Gasteiger charge is -2.26. The van der Waals surface area contributed by atoms with Crippen molar-refractivity contribution in [1.29, 1.82) is 0 Å². The van der Waals surface area contributed by atoms with Gasteiger partial charge in [-0.2, -0.15) is 5.10 Å². The van der Waals surface area contributed by atoms with Crippen LogP contribution in [-0.4, -0.2) is 71.9 Å². The standard InChI is InChI=1S/C23H29ClN8O2/c1-7-21(33)27-17-10-18(20(34-6)11-19(17)31(4)9-8-30(2)3)28-23-25-13-16(24)22(29-23)15-12-26-32(5)14-15/h7,10-14H,1,8-9H2,2-6H3,(H,27,33)(H,25,28,29). The minimum atomic E-state index is -0.319. The third-order valence-electron chi connectivity index (χ3n) is 5.02. The van der Waals surface area contributed by atoms with E-state index in [1.807, 2.05) is 45.4 Å². The number of carbonyl (C=O) groups is 1. The Hall–Kier alpha value is -3.63. The van der Waals surface area contributed by atoms with E-state index in [0.29, 0.717) is 33.8 Å². The topological polar surface area (TPSA) is 100 Å². The molecule has 0 aliphatic carbocycles. The maximum atomic E-state index is 12.1. The number of anilines is 4. The largest absolute Gasteiger partial charge is 0.494 e. The number of nitrogens with one attached hydrogen (secondary N) is 2. The van der Waals surface area contributed by atoms with E-state index in [4.69, 9.17) is 16.3 Å². The number of nitrogens with zero attached hydrogens (tertiary/aromatic N) is 6. The number of ether oxygens (including phenoxy) is 1. The predicted octanol–water partition coefficient (Wildman–Crippen LogP) is 3.41. The molecular formula is C23H29ClN8O2. The molecule has 0 atom stereocenters. The Morgan fingerprint density at radius 3 is 2.62 bits per heavy atom. The number of halogens is 1. The van der Waals surface area contributed by atoms with Crippen LogP contribution < -0.4 is 20.3 Å². The summed E-state index contributed by atoms with van der Waals surface area (Å²) in [7, 11) is 9.37. The van der Waals surface area contributed by atoms with E-state index in [2.05, 4.69) is 37.2 Å². The van der Waals surface area contributed by atoms with Gasteiger partial charge in [0.15, 0.2) is 0 Å². The Kier molecular flexibility index (Phi) is 8.08. The molecular weight excluding hydrogens is 456 g/mol. The first-order chi connectivity index (χ1) is 16.2. The molecule has 0 radical (unpaired) electrons. The van der Waals surface area contributed by atoms with Crippen molar-refractivity contribution < 1.29 is 9.53 Å². The zero-order valence-corrected chi connectivity index (χ0v) is 20.7. The van der Waals surface area contributed by atoms with Crippen LogP contribution in [0.1, 0.15) is 0 Å². The number of aryl methyl sites for hydroxylation is 1. The molecule has 10 nitrogen and oxygen atoms in total. The van der Waals surface area contributed by atoms with Crippen molar-refractivity contribution in [2.75, 3.05) is 56.9 Å². The van der Waals surface area contributed by atoms with E-state index < -0.39 is 0 Å². The number of amides is 1. The first kappa shape index (κ1) is 25.0. The zero-order valence-electron chi connectivity index (χ0n) is 20.0. The maximum absolute atomic E-state index is 12.1. The Labute approximate surface area is 204 Å². The molecule has 180 valence electrons. The molecule has 34 heavy (non-hydrogen) atoms. The lowest BCUT2D eigenvalue weighted by atomic mass is 10.2. The number of hydrogen-bond acceptors (Lipinski definition) is 8. The van der Waals surface area contributed by atoms with Crippen LogP contribution in [0, 0.1) is 0 Å². The average Bonchev–Trinajstić information content (AvgIpc) is 3.24. The summed E-state index contributed by atoms with van der Waals surface area (Å²) in [4.78, 5) is 25.1. The van der Waals surface area contributed by atoms with Crippen molar-refractivity contribution in [3.63, 3.8) is 0 Å². The second-order valence-corrected chi connectivity index (χ2v) is 8.31. The van der Waals surface area contributed by atoms with Crippen molar-refractivity contribution in [3.8, 4) is 17.0 Å². The zero-order chi connectivity index (χ0) is 24.8. The summed E-state index contributed by atoms with van der Waals surface area (Å²) in [5, 5.41) is 10.6. The van der Waals surface area contributed by atoms with Crippen molar-refractivity contribution in [2.24, 2.45) is 7.05 Å². The summed E-state index contributed by atoms with van der Waals surface area (Å²) in [6.45, 7) is 5.13. The van der Waals surface area contributed by atoms with Crippen LogP contribution >= 0.6 is 11.6 Å². The first-order valence-electron chi connectivity index (χ1n) is 10.5. The number of benzene rings is 1. The molecule has 0 unspecified atom stereocenters. The molecule has 0 saturated carbocycles. The predicted molar refractivity (Wildman–Crippen MR) is 136 cm³/mol. The lowest BCUT2D eigenvalue weighted by molar-refractivity contribution is -0.111. The Morgan fingerprint density at radius 1 is 1.24 bits per heavy atom. The van der Waals surface area contributed by atoms with Crippen molar-refractivity contribution >= 4 is 40.5 Å². The van der Waals surface area contributed by atoms with Gasteiger partial charge in [0, 0.05) is 45.0 Å². The SMILES string of the molecule is C=CC(=O)Nc1cc(Nc2ncc(Cl)c(-c3cnn(C)c3)n2)c(OC)cc1N(C)CCN(C)C. The minimum absolute atomic E-state index is 0.316. The summed E-state index contributed by atoms with van der Waals surface area (Å²) in [5.74, 6) is 0.557. The van der Waals surface area contributed by atoms with Crippen LogP contribution in [0.25, 0.3) is 11.3 Å². The van der Waals surface area contributed by atoms with E-state index in [1.54, 1.807) is 24.1 Å². The van der Waals surface area contributed by atoms with E-state index in [1.165, 1.54) is 12.3 Å². The maximum Gasteiger partial charge on any atom is 0.247 e. The van der Waals surface area contributed by atoms with Crippen LogP contribution in [-0.2, 0) is 11.8 Å². The highest BCUT2D eigenvalue weighted by molar-refractivity contribution is 6.32. The molecule has 2 heterocycles. The van der Waals surface area contributed by atoms with E-state index in [-0.39, 0.29) is 5.91 Å². The summed E-state index contributed by atoms with van der Waals surface area (Å²) in [6.07, 6.45) is 6.25. The van der Waals surface area contributed by atoms with Gasteiger partial charge in [-0.05, 0) is 26.2 Å². The molecule has 11 heteroatoms. The van der Waals surface area contributed by atoms with Gasteiger partial charge in [0.25, 0.3) is 0 Å². The molecule has 3 rings (SSSR count). The van der Waals surface area contributed by atoms with Gasteiger partial charge >= 0.3 is 0 Å². The van der Waals surface area contributed by atoms with Crippen LogP contribution in [0.5, 0.6) is 5.75 Å². The summed E-state index contributed by atoms with van der Waals surface area (Å²) >= 11 is 6.33. The lowest BCUT2D eigenvalue weighted by Crippen LogP contribution is -2.29. The Morgan fingerprint density at radius 2 is 2.00 bits per heavy atom. The van der Waals surface area contributed by atoms with E-state index in [0.717, 1.165) is 24.3 Å². The van der Waals surface area contributed by atoms with Gasteiger partial charge in [-0.3, -0.25) is 9.48 Å². The normalized spacial score (nSPS) is 10.8. The van der Waals surface area contributed by atoms with Crippen LogP contribution in [0.3, 0.4) is 0 Å². The average molecular weight is 485 g/mol. The number of hydrogen-bond donors (Lipinski definition) is 2. The summed E-state index contributed by atoms with van der Waals surface area (Å²) in [5.41, 5.74) is 3.28. The fourth-order valence-corrected chi connectivity index (χ4v) is 3.40. The Bertz CT molecular complexity index is 1180. The highest BCUT2D eigenvalue weighted by atomic mass is 35.5. The number of rotatable bonds is 10. The Balaban J connectivity index is 2.00. The fourth-order valence-electron chi connectivity index (χ4n) is 3.20. The molecule has 0 aliphatic heterocycles. The van der Waals surface area contributed by atoms with Gasteiger partial charge in [0.2, 0.25) is 11.9 Å². The fraction of sp³-hybridized carbons (Fsp3) is 0.304. The van der Waals surface area contributed by atoms with Crippen LogP contribution in [0.15, 0.2) is 43.4 Å². The van der Waals surface area contributed by atoms with Crippen LogP contribution in [0.2, 0.25) is 5.02 Å². The molecule has 0 bridgehead atoms. The number of aromatic nitrogens is 4. The third-order valence-corrected chi connectivity index (χ3v) is 5.30. The van der Waals surface area contributed by atoms with E-state index >= 15 is 0 Å². The second-order valence-electron chi connectivity index (χ2n) is 7.91. The molecule has 2 aromatic heterocycles. The second kappa shape index (κ2) is 11.0. The molecule has 1 aromatic carbocycles. The number of methoxy groups -OCH3 is 1. The number of carbonyl (C=O) groups excluding carboxylic acids is 1. The van der Waals surface area contributed by atoms with Gasteiger partial charge in [-0.15, -0.1) is 0 Å². The summed E-state index contributed by atoms with van der Waals surface area (Å²) in [6, 6.07) is 3.64. The molecule has 0 spiro atoms. The highest BCUT2D eigenvalue weighted by Gasteiger charge is 2.17. The number of likely N-dealkylation sites (N-methyl/N-ethyl adjacent to an activating group) is 2. The first-order valence-corrected chi connectivity index (χ1v) is 10.9. The minimum Gasteiger partial charge on any atom is -0.494 e. The van der Waals surface area contributed by atoms with Crippen molar-refractivity contribution in [2.45, 2.75) is 0 Å². The highest BCUT2D eigenvalue weighted by Crippen LogP contribution is 2.38. The van der Waals surface area contributed by atoms with Gasteiger partial charge < -0.3 is 25.2 Å². The smallest absolute Gasteiger partial charge is 0.247 e. The molecule has 0 fully saturated rings. The summed E-state index contributed by atoms with van der Waals surface area (Å²) < 4.78 is 7.31. The molecule has 3 aromatic rings. The van der Waals surface area contributed by atoms with Gasteiger partial charge in [-0.25, -0.2) is 9.97 Å². The molecule has 1 amide bonds. The van der Waals surface area contributed by atoms with Gasteiger partial charge in [0.1, 0.15) is 5.75 Å². The third kappa shape index (κ3) is 6.03. The van der Waals surface area contributed by atoms with Crippen molar-refractivity contribution in [3.05, 3.63) is 48.4 Å².